The predicted octanol–water partition coefficient (Wildman–Crippen LogP) is 3.90. The molecule has 0 aliphatic carbocycles. The normalized spacial score (nSPS) is 22.8. The molecule has 2 saturated heterocycles. The van der Waals surface area contributed by atoms with Crippen molar-refractivity contribution in [1.82, 2.24) is 9.80 Å². The summed E-state index contributed by atoms with van der Waals surface area (Å²) in [6.45, 7) is 4.11. The van der Waals surface area contributed by atoms with Crippen LogP contribution in [0.15, 0.2) is 96.1 Å². The summed E-state index contributed by atoms with van der Waals surface area (Å²) in [6.07, 6.45) is 3.14. The number of furan rings is 1. The molecular weight excluding hydrogens is 484 g/mol. The predicted molar refractivity (Wildman–Crippen MR) is 138 cm³/mol. The number of benzene rings is 2. The molecule has 2 aliphatic heterocycles. The Balaban J connectivity index is 1.48. The molecule has 196 valence electrons. The number of nitrogens with zero attached hydrogens (tertiary/aromatic N) is 2. The summed E-state index contributed by atoms with van der Waals surface area (Å²) < 4.78 is 17.5. The lowest BCUT2D eigenvalue weighted by Crippen LogP contribution is -2.67. The van der Waals surface area contributed by atoms with E-state index in [1.165, 1.54) is 16.1 Å². The summed E-state index contributed by atoms with van der Waals surface area (Å²) in [5.74, 6) is -1.45. The van der Waals surface area contributed by atoms with Gasteiger partial charge in [-0.1, -0.05) is 66.7 Å². The minimum Gasteiger partial charge on any atom is -0.467 e. The first-order valence-electron chi connectivity index (χ1n) is 12.6. The first-order valence-corrected chi connectivity index (χ1v) is 12.6. The Labute approximate surface area is 221 Å². The zero-order valence-electron chi connectivity index (χ0n) is 21.0. The fraction of sp³-hybridized carbons (Fsp3) is 0.300. The highest BCUT2D eigenvalue weighted by Crippen LogP contribution is 2.50. The van der Waals surface area contributed by atoms with Crippen LogP contribution in [0.2, 0.25) is 0 Å². The molecule has 0 saturated carbocycles. The van der Waals surface area contributed by atoms with Gasteiger partial charge in [-0.3, -0.25) is 14.4 Å². The average molecular weight is 515 g/mol. The maximum Gasteiger partial charge on any atom is 0.311 e. The summed E-state index contributed by atoms with van der Waals surface area (Å²) in [4.78, 5) is 44.2. The Kier molecular flexibility index (Phi) is 7.42. The van der Waals surface area contributed by atoms with Gasteiger partial charge in [0.1, 0.15) is 30.5 Å². The number of piperazine rings is 1. The van der Waals surface area contributed by atoms with Crippen LogP contribution in [0, 0.1) is 5.92 Å². The van der Waals surface area contributed by atoms with Crippen molar-refractivity contribution in [2.45, 2.75) is 31.2 Å². The van der Waals surface area contributed by atoms with Crippen LogP contribution in [-0.4, -0.2) is 52.8 Å². The molecule has 3 aromatic rings. The number of carbonyl (C=O) groups is 3. The van der Waals surface area contributed by atoms with Crippen LogP contribution in [0.4, 0.5) is 0 Å². The van der Waals surface area contributed by atoms with Gasteiger partial charge in [0.2, 0.25) is 5.91 Å². The highest BCUT2D eigenvalue weighted by atomic mass is 16.5. The van der Waals surface area contributed by atoms with Crippen molar-refractivity contribution in [2.75, 3.05) is 19.7 Å². The van der Waals surface area contributed by atoms with Crippen LogP contribution >= 0.6 is 0 Å². The van der Waals surface area contributed by atoms with Gasteiger partial charge in [-0.05, 0) is 29.7 Å². The molecule has 0 spiro atoms. The van der Waals surface area contributed by atoms with Gasteiger partial charge in [0.25, 0.3) is 5.91 Å². The van der Waals surface area contributed by atoms with Crippen molar-refractivity contribution in [3.05, 3.63) is 109 Å². The van der Waals surface area contributed by atoms with Crippen LogP contribution in [0.3, 0.4) is 0 Å². The zero-order valence-corrected chi connectivity index (χ0v) is 21.0. The second kappa shape index (κ2) is 11.1. The lowest BCUT2D eigenvalue weighted by molar-refractivity contribution is -0.169. The second-order valence-electron chi connectivity index (χ2n) is 9.61. The van der Waals surface area contributed by atoms with E-state index >= 15 is 0 Å². The lowest BCUT2D eigenvalue weighted by atomic mass is 9.88. The fourth-order valence-corrected chi connectivity index (χ4v) is 5.45. The zero-order chi connectivity index (χ0) is 26.5. The molecule has 0 N–H and O–H groups in total. The number of fused-ring (bicyclic) bond motifs is 1. The Hall–Kier alpha value is -4.17. The van der Waals surface area contributed by atoms with E-state index in [0.717, 1.165) is 11.1 Å². The lowest BCUT2D eigenvalue weighted by Gasteiger charge is -2.46. The summed E-state index contributed by atoms with van der Waals surface area (Å²) >= 11 is 0. The topological polar surface area (TPSA) is 89.3 Å². The Morgan fingerprint density at radius 1 is 1.00 bits per heavy atom. The van der Waals surface area contributed by atoms with E-state index in [1.54, 1.807) is 18.2 Å². The molecule has 2 aliphatic rings. The fourth-order valence-electron chi connectivity index (χ4n) is 5.45. The molecule has 8 heteroatoms. The molecule has 5 rings (SSSR count). The van der Waals surface area contributed by atoms with Crippen LogP contribution in [0.5, 0.6) is 0 Å². The number of esters is 1. The van der Waals surface area contributed by atoms with Gasteiger partial charge in [-0.2, -0.15) is 0 Å². The number of amides is 2. The molecular formula is C30H30N2O6. The number of hydrogen-bond acceptors (Lipinski definition) is 6. The molecule has 0 radical (unpaired) electrons. The van der Waals surface area contributed by atoms with Gasteiger partial charge in [-0.25, -0.2) is 0 Å². The SMILES string of the molecule is C=CCN1CC(=O)N2C(c3ccco3)C(C(=O)OCc3ccccc3)CC2(COCc2ccccc2)C1=O. The third-order valence-electron chi connectivity index (χ3n) is 7.12. The van der Waals surface area contributed by atoms with Crippen molar-refractivity contribution in [3.63, 3.8) is 0 Å². The first-order chi connectivity index (χ1) is 18.5. The van der Waals surface area contributed by atoms with Crippen LogP contribution in [0.25, 0.3) is 0 Å². The van der Waals surface area contributed by atoms with Crippen LogP contribution < -0.4 is 0 Å². The van der Waals surface area contributed by atoms with Gasteiger partial charge in [-0.15, -0.1) is 6.58 Å². The smallest absolute Gasteiger partial charge is 0.311 e. The largest absolute Gasteiger partial charge is 0.467 e. The minimum atomic E-state index is -1.39. The minimum absolute atomic E-state index is 0.0546. The van der Waals surface area contributed by atoms with Crippen LogP contribution in [0.1, 0.15) is 29.3 Å². The van der Waals surface area contributed by atoms with E-state index in [2.05, 4.69) is 6.58 Å². The molecule has 2 amide bonds. The van der Waals surface area contributed by atoms with E-state index in [-0.39, 0.29) is 51.1 Å². The van der Waals surface area contributed by atoms with Crippen LogP contribution in [-0.2, 0) is 37.1 Å². The molecule has 8 nitrogen and oxygen atoms in total. The third kappa shape index (κ3) is 4.87. The van der Waals surface area contributed by atoms with Crippen molar-refractivity contribution in [2.24, 2.45) is 5.92 Å². The number of carbonyl (C=O) groups excluding carboxylic acids is 3. The molecule has 2 fully saturated rings. The second-order valence-corrected chi connectivity index (χ2v) is 9.61. The van der Waals surface area contributed by atoms with Crippen molar-refractivity contribution >= 4 is 17.8 Å². The highest BCUT2D eigenvalue weighted by Gasteiger charge is 2.64. The molecule has 38 heavy (non-hydrogen) atoms. The van der Waals surface area contributed by atoms with E-state index in [0.29, 0.717) is 5.76 Å². The quantitative estimate of drug-likeness (QED) is 0.301. The first kappa shape index (κ1) is 25.5. The van der Waals surface area contributed by atoms with E-state index < -0.39 is 23.5 Å². The van der Waals surface area contributed by atoms with Gasteiger partial charge in [0.05, 0.1) is 25.4 Å². The summed E-state index contributed by atoms with van der Waals surface area (Å²) in [5, 5.41) is 0. The average Bonchev–Trinajstić information content (AvgIpc) is 3.59. The summed E-state index contributed by atoms with van der Waals surface area (Å²) in [7, 11) is 0. The maximum atomic E-state index is 14.0. The van der Waals surface area contributed by atoms with E-state index in [4.69, 9.17) is 13.9 Å². The molecule has 3 heterocycles. The molecule has 2 aromatic carbocycles. The van der Waals surface area contributed by atoms with Gasteiger partial charge < -0.3 is 23.7 Å². The summed E-state index contributed by atoms with van der Waals surface area (Å²) in [5.41, 5.74) is 0.393. The number of rotatable bonds is 10. The van der Waals surface area contributed by atoms with E-state index in [9.17, 15) is 14.4 Å². The van der Waals surface area contributed by atoms with Crippen molar-refractivity contribution < 1.29 is 28.3 Å². The van der Waals surface area contributed by atoms with Crippen molar-refractivity contribution in [3.8, 4) is 0 Å². The van der Waals surface area contributed by atoms with Gasteiger partial charge in [0.15, 0.2) is 0 Å². The van der Waals surface area contributed by atoms with E-state index in [1.807, 2.05) is 60.7 Å². The molecule has 0 bridgehead atoms. The highest BCUT2D eigenvalue weighted by molar-refractivity contribution is 6.00. The third-order valence-corrected chi connectivity index (χ3v) is 7.12. The van der Waals surface area contributed by atoms with Gasteiger partial charge in [0, 0.05) is 6.54 Å². The monoisotopic (exact) mass is 514 g/mol. The molecule has 3 atom stereocenters. The Morgan fingerprint density at radius 3 is 2.32 bits per heavy atom. The maximum absolute atomic E-state index is 14.0. The Bertz CT molecular complexity index is 1280. The summed E-state index contributed by atoms with van der Waals surface area (Å²) in [6, 6.07) is 21.6. The Morgan fingerprint density at radius 2 is 1.68 bits per heavy atom. The number of hydrogen-bond donors (Lipinski definition) is 0. The standard InChI is InChI=1S/C30H30N2O6/c1-2-15-31-18-26(33)32-27(25-14-9-16-37-25)24(28(34)38-20-23-12-7-4-8-13-23)17-30(32,29(31)35)21-36-19-22-10-5-3-6-11-22/h2-14,16,24,27H,1,15,17-21H2. The van der Waals surface area contributed by atoms with Gasteiger partial charge >= 0.3 is 5.97 Å². The van der Waals surface area contributed by atoms with Crippen molar-refractivity contribution in [1.29, 1.82) is 0 Å². The number of ether oxygens (including phenoxy) is 2. The molecule has 1 aromatic heterocycles. The molecule has 3 unspecified atom stereocenters.